The maximum atomic E-state index is 12.2. The predicted molar refractivity (Wildman–Crippen MR) is 83.7 cm³/mol. The molecule has 2 aromatic heterocycles. The first-order valence-corrected chi connectivity index (χ1v) is 8.23. The zero-order valence-corrected chi connectivity index (χ0v) is 13.1. The van der Waals surface area contributed by atoms with E-state index in [0.29, 0.717) is 5.56 Å². The number of hydrogen-bond donors (Lipinski definition) is 0. The van der Waals surface area contributed by atoms with Crippen LogP contribution in [0.25, 0.3) is 5.65 Å². The van der Waals surface area contributed by atoms with E-state index < -0.39 is 0 Å². The Morgan fingerprint density at radius 1 is 1.36 bits per heavy atom. The first-order valence-electron chi connectivity index (χ1n) is 8.23. The highest BCUT2D eigenvalue weighted by Gasteiger charge is 2.17. The van der Waals surface area contributed by atoms with Crippen LogP contribution in [0.3, 0.4) is 0 Å². The monoisotopic (exact) mass is 301 g/mol. The minimum Gasteiger partial charge on any atom is -0.459 e. The molecule has 2 aromatic rings. The summed E-state index contributed by atoms with van der Waals surface area (Å²) in [6.07, 6.45) is 12.2. The number of esters is 1. The second-order valence-electron chi connectivity index (χ2n) is 6.31. The van der Waals surface area contributed by atoms with E-state index in [1.165, 1.54) is 38.5 Å². The highest BCUT2D eigenvalue weighted by atomic mass is 16.5. The van der Waals surface area contributed by atoms with Gasteiger partial charge in [0.2, 0.25) is 0 Å². The van der Waals surface area contributed by atoms with Crippen LogP contribution in [0.2, 0.25) is 0 Å². The molecule has 0 N–H and O–H groups in total. The highest BCUT2D eigenvalue weighted by molar-refractivity contribution is 5.89. The average Bonchev–Trinajstić information content (AvgIpc) is 3.01. The summed E-state index contributed by atoms with van der Waals surface area (Å²) in [5, 5.41) is 7.73. The normalized spacial score (nSPS) is 17.5. The second-order valence-corrected chi connectivity index (χ2v) is 6.31. The van der Waals surface area contributed by atoms with Gasteiger partial charge in [0.15, 0.2) is 5.65 Å². The van der Waals surface area contributed by atoms with Crippen LogP contribution in [0, 0.1) is 5.92 Å². The highest BCUT2D eigenvalue weighted by Crippen LogP contribution is 2.28. The van der Waals surface area contributed by atoms with Gasteiger partial charge in [-0.05, 0) is 37.8 Å². The molecular weight excluding hydrogens is 278 g/mol. The van der Waals surface area contributed by atoms with Gasteiger partial charge in [-0.3, -0.25) is 4.40 Å². The Labute approximate surface area is 130 Å². The smallest absolute Gasteiger partial charge is 0.339 e. The van der Waals surface area contributed by atoms with E-state index in [0.717, 1.165) is 18.0 Å². The summed E-state index contributed by atoms with van der Waals surface area (Å²) in [5.74, 6) is 0.551. The minimum absolute atomic E-state index is 0.0361. The standard InChI is InChI=1S/C17H23N3O2/c1-13(7-8-14-5-3-2-4-6-14)22-17(21)15-9-10-16-19-18-12-20(16)11-15/h9-14H,2-8H2,1H3/t13-/m0/s1. The summed E-state index contributed by atoms with van der Waals surface area (Å²) in [5.41, 5.74) is 1.26. The van der Waals surface area contributed by atoms with E-state index >= 15 is 0 Å². The molecule has 5 heteroatoms. The van der Waals surface area contributed by atoms with Gasteiger partial charge in [-0.25, -0.2) is 4.79 Å². The number of fused-ring (bicyclic) bond motifs is 1. The molecule has 0 saturated heterocycles. The number of hydrogen-bond acceptors (Lipinski definition) is 4. The third-order valence-corrected chi connectivity index (χ3v) is 4.54. The number of pyridine rings is 1. The first-order chi connectivity index (χ1) is 10.7. The van der Waals surface area contributed by atoms with E-state index in [4.69, 9.17) is 4.74 Å². The van der Waals surface area contributed by atoms with Crippen LogP contribution < -0.4 is 0 Å². The van der Waals surface area contributed by atoms with Crippen LogP contribution in [0.5, 0.6) is 0 Å². The number of rotatable bonds is 5. The van der Waals surface area contributed by atoms with E-state index in [1.54, 1.807) is 29.1 Å². The number of nitrogens with zero attached hydrogens (tertiary/aromatic N) is 3. The van der Waals surface area contributed by atoms with Crippen molar-refractivity contribution in [3.05, 3.63) is 30.2 Å². The summed E-state index contributed by atoms with van der Waals surface area (Å²) in [7, 11) is 0. The summed E-state index contributed by atoms with van der Waals surface area (Å²) in [6.45, 7) is 1.98. The zero-order valence-electron chi connectivity index (χ0n) is 13.1. The molecule has 1 fully saturated rings. The van der Waals surface area contributed by atoms with Gasteiger partial charge in [0.1, 0.15) is 6.33 Å². The molecule has 3 rings (SSSR count). The SMILES string of the molecule is C[C@@H](CCC1CCCCC1)OC(=O)c1ccc2nncn2c1. The van der Waals surface area contributed by atoms with Crippen molar-refractivity contribution in [2.75, 3.05) is 0 Å². The molecule has 0 amide bonds. The molecule has 0 bridgehead atoms. The molecule has 2 heterocycles. The lowest BCUT2D eigenvalue weighted by atomic mass is 9.85. The Kier molecular flexibility index (Phi) is 4.71. The molecule has 0 aromatic carbocycles. The lowest BCUT2D eigenvalue weighted by Gasteiger charge is -2.23. The van der Waals surface area contributed by atoms with Gasteiger partial charge in [-0.15, -0.1) is 10.2 Å². The fraction of sp³-hybridized carbons (Fsp3) is 0.588. The Morgan fingerprint density at radius 3 is 3.00 bits per heavy atom. The van der Waals surface area contributed by atoms with Crippen LogP contribution in [-0.4, -0.2) is 26.7 Å². The van der Waals surface area contributed by atoms with Gasteiger partial charge in [0.05, 0.1) is 11.7 Å². The minimum atomic E-state index is -0.272. The lowest BCUT2D eigenvalue weighted by molar-refractivity contribution is 0.0307. The van der Waals surface area contributed by atoms with Gasteiger partial charge < -0.3 is 4.74 Å². The maximum Gasteiger partial charge on any atom is 0.339 e. The molecule has 0 radical (unpaired) electrons. The van der Waals surface area contributed by atoms with E-state index in [1.807, 2.05) is 6.92 Å². The number of ether oxygens (including phenoxy) is 1. The van der Waals surface area contributed by atoms with Crippen molar-refractivity contribution in [2.24, 2.45) is 5.92 Å². The first kappa shape index (κ1) is 15.0. The summed E-state index contributed by atoms with van der Waals surface area (Å²) in [6, 6.07) is 3.51. The van der Waals surface area contributed by atoms with Gasteiger partial charge >= 0.3 is 5.97 Å². The summed E-state index contributed by atoms with van der Waals surface area (Å²) < 4.78 is 7.29. The Hall–Kier alpha value is -1.91. The fourth-order valence-electron chi connectivity index (χ4n) is 3.20. The van der Waals surface area contributed by atoms with Gasteiger partial charge in [-0.1, -0.05) is 32.1 Å². The second kappa shape index (κ2) is 6.90. The van der Waals surface area contributed by atoms with Crippen LogP contribution >= 0.6 is 0 Å². The van der Waals surface area contributed by atoms with Crippen LogP contribution in [0.15, 0.2) is 24.7 Å². The van der Waals surface area contributed by atoms with Crippen LogP contribution in [0.4, 0.5) is 0 Å². The third-order valence-electron chi connectivity index (χ3n) is 4.54. The molecule has 1 saturated carbocycles. The van der Waals surface area contributed by atoms with Crippen molar-refractivity contribution in [3.8, 4) is 0 Å². The molecule has 22 heavy (non-hydrogen) atoms. The summed E-state index contributed by atoms with van der Waals surface area (Å²) in [4.78, 5) is 12.2. The quantitative estimate of drug-likeness (QED) is 0.791. The molecule has 5 nitrogen and oxygen atoms in total. The Morgan fingerprint density at radius 2 is 2.18 bits per heavy atom. The van der Waals surface area contributed by atoms with Crippen molar-refractivity contribution in [3.63, 3.8) is 0 Å². The molecule has 0 aliphatic heterocycles. The van der Waals surface area contributed by atoms with Gasteiger partial charge in [-0.2, -0.15) is 0 Å². The van der Waals surface area contributed by atoms with Crippen molar-refractivity contribution in [1.82, 2.24) is 14.6 Å². The molecule has 0 unspecified atom stereocenters. The third kappa shape index (κ3) is 3.64. The fourth-order valence-corrected chi connectivity index (χ4v) is 3.20. The molecule has 1 atom stereocenters. The molecular formula is C17H23N3O2. The van der Waals surface area contributed by atoms with Crippen molar-refractivity contribution in [1.29, 1.82) is 0 Å². The predicted octanol–water partition coefficient (Wildman–Crippen LogP) is 3.64. The number of aromatic nitrogens is 3. The Balaban J connectivity index is 1.51. The number of carbonyl (C=O) groups is 1. The van der Waals surface area contributed by atoms with Gasteiger partial charge in [0.25, 0.3) is 0 Å². The summed E-state index contributed by atoms with van der Waals surface area (Å²) >= 11 is 0. The molecule has 1 aliphatic rings. The topological polar surface area (TPSA) is 56.5 Å². The van der Waals surface area contributed by atoms with E-state index in [2.05, 4.69) is 10.2 Å². The van der Waals surface area contributed by atoms with E-state index in [-0.39, 0.29) is 12.1 Å². The molecule has 118 valence electrons. The average molecular weight is 301 g/mol. The largest absolute Gasteiger partial charge is 0.459 e. The van der Waals surface area contributed by atoms with Crippen molar-refractivity contribution in [2.45, 2.75) is 58.0 Å². The van der Waals surface area contributed by atoms with Gasteiger partial charge in [0, 0.05) is 6.20 Å². The van der Waals surface area contributed by atoms with Crippen LogP contribution in [-0.2, 0) is 4.74 Å². The lowest BCUT2D eigenvalue weighted by Crippen LogP contribution is -2.17. The zero-order chi connectivity index (χ0) is 15.4. The maximum absolute atomic E-state index is 12.2. The van der Waals surface area contributed by atoms with E-state index in [9.17, 15) is 4.79 Å². The molecule has 1 aliphatic carbocycles. The van der Waals surface area contributed by atoms with Crippen molar-refractivity contribution < 1.29 is 9.53 Å². The Bertz CT molecular complexity index is 632. The van der Waals surface area contributed by atoms with Crippen LogP contribution in [0.1, 0.15) is 62.2 Å². The van der Waals surface area contributed by atoms with Crippen molar-refractivity contribution >= 4 is 11.6 Å². The molecule has 0 spiro atoms. The number of carbonyl (C=O) groups excluding carboxylic acids is 1.